The molecule has 2 aromatic rings. The molecular formula is C14H12F2N2O3S. The van der Waals surface area contributed by atoms with Crippen LogP contribution in [-0.2, 0) is 6.54 Å². The first-order chi connectivity index (χ1) is 10.4. The lowest BCUT2D eigenvalue weighted by Gasteiger charge is -2.17. The summed E-state index contributed by atoms with van der Waals surface area (Å²) in [7, 11) is 1.65. The molecule has 1 aromatic heterocycles. The molecule has 2 heterocycles. The minimum atomic E-state index is -3.67. The number of hydrogen-bond donors (Lipinski definition) is 1. The van der Waals surface area contributed by atoms with E-state index in [-0.39, 0.29) is 17.5 Å². The van der Waals surface area contributed by atoms with Gasteiger partial charge in [-0.1, -0.05) is 0 Å². The average Bonchev–Trinajstić information content (AvgIpc) is 3.03. The van der Waals surface area contributed by atoms with Gasteiger partial charge in [0.15, 0.2) is 11.5 Å². The second-order valence-electron chi connectivity index (χ2n) is 4.75. The fourth-order valence-corrected chi connectivity index (χ4v) is 2.63. The minimum absolute atomic E-state index is 0.0605. The van der Waals surface area contributed by atoms with Crippen molar-refractivity contribution in [3.05, 3.63) is 40.6 Å². The van der Waals surface area contributed by atoms with Gasteiger partial charge < -0.3 is 19.7 Å². The number of alkyl halides is 2. The van der Waals surface area contributed by atoms with Gasteiger partial charge in [-0.05, 0) is 34.5 Å². The zero-order valence-corrected chi connectivity index (χ0v) is 12.3. The number of urea groups is 1. The molecule has 0 spiro atoms. The largest absolute Gasteiger partial charge is 0.586 e. The normalized spacial score (nSPS) is 14.7. The first kappa shape index (κ1) is 14.6. The number of nitrogens with one attached hydrogen (secondary N) is 1. The number of ether oxygens (including phenoxy) is 2. The summed E-state index contributed by atoms with van der Waals surface area (Å²) in [6.07, 6.45) is -3.67. The zero-order chi connectivity index (χ0) is 15.7. The summed E-state index contributed by atoms with van der Waals surface area (Å²) in [5, 5.41) is 6.50. The lowest BCUT2D eigenvalue weighted by molar-refractivity contribution is -0.286. The highest BCUT2D eigenvalue weighted by Crippen LogP contribution is 2.42. The predicted molar refractivity (Wildman–Crippen MR) is 77.4 cm³/mol. The van der Waals surface area contributed by atoms with Gasteiger partial charge >= 0.3 is 12.3 Å². The van der Waals surface area contributed by atoms with Crippen LogP contribution in [0.1, 0.15) is 5.56 Å². The van der Waals surface area contributed by atoms with Crippen molar-refractivity contribution >= 4 is 23.1 Å². The van der Waals surface area contributed by atoms with E-state index in [2.05, 4.69) is 14.8 Å². The molecule has 0 unspecified atom stereocenters. The Balaban J connectivity index is 1.65. The Morgan fingerprint density at radius 1 is 1.32 bits per heavy atom. The smallest absolute Gasteiger partial charge is 0.395 e. The van der Waals surface area contributed by atoms with Gasteiger partial charge in [0, 0.05) is 25.3 Å². The average molecular weight is 326 g/mol. The molecule has 1 N–H and O–H groups in total. The number of benzene rings is 1. The number of amides is 2. The van der Waals surface area contributed by atoms with E-state index in [1.54, 1.807) is 18.4 Å². The molecule has 0 saturated carbocycles. The van der Waals surface area contributed by atoms with Crippen LogP contribution in [0.5, 0.6) is 11.5 Å². The molecular weight excluding hydrogens is 314 g/mol. The maximum Gasteiger partial charge on any atom is 0.586 e. The summed E-state index contributed by atoms with van der Waals surface area (Å²) in [5.41, 5.74) is 1.37. The third kappa shape index (κ3) is 3.11. The van der Waals surface area contributed by atoms with Crippen LogP contribution in [0.2, 0.25) is 0 Å². The number of nitrogens with zero attached hydrogens (tertiary/aromatic N) is 1. The number of rotatable bonds is 3. The lowest BCUT2D eigenvalue weighted by atomic mass is 10.3. The first-order valence-electron chi connectivity index (χ1n) is 6.36. The van der Waals surface area contributed by atoms with E-state index in [0.29, 0.717) is 12.2 Å². The SMILES string of the molecule is CN(Cc1ccsc1)C(=O)Nc1ccc2c(c1)OC(F)(F)O2. The molecule has 0 saturated heterocycles. The quantitative estimate of drug-likeness (QED) is 0.935. The summed E-state index contributed by atoms with van der Waals surface area (Å²) in [4.78, 5) is 13.6. The molecule has 0 aliphatic carbocycles. The van der Waals surface area contributed by atoms with E-state index in [4.69, 9.17) is 0 Å². The van der Waals surface area contributed by atoms with Crippen molar-refractivity contribution < 1.29 is 23.0 Å². The van der Waals surface area contributed by atoms with Crippen molar-refractivity contribution in [1.82, 2.24) is 4.90 Å². The first-order valence-corrected chi connectivity index (χ1v) is 7.30. The van der Waals surface area contributed by atoms with Gasteiger partial charge in [-0.25, -0.2) is 4.79 Å². The van der Waals surface area contributed by atoms with Gasteiger partial charge in [0.25, 0.3) is 0 Å². The second kappa shape index (κ2) is 5.45. The van der Waals surface area contributed by atoms with Crippen LogP contribution in [0.15, 0.2) is 35.0 Å². The number of anilines is 1. The zero-order valence-electron chi connectivity index (χ0n) is 11.5. The molecule has 8 heteroatoms. The standard InChI is InChI=1S/C14H12F2N2O3S/c1-18(7-9-4-5-22-8-9)13(19)17-10-2-3-11-12(6-10)21-14(15,16)20-11/h2-6,8H,7H2,1H3,(H,17,19). The topological polar surface area (TPSA) is 50.8 Å². The Hall–Kier alpha value is -2.35. The third-order valence-corrected chi connectivity index (χ3v) is 3.73. The van der Waals surface area contributed by atoms with E-state index < -0.39 is 6.29 Å². The fraction of sp³-hybridized carbons (Fsp3) is 0.214. The van der Waals surface area contributed by atoms with Crippen LogP contribution in [0, 0.1) is 0 Å². The molecule has 5 nitrogen and oxygen atoms in total. The molecule has 22 heavy (non-hydrogen) atoms. The Bertz CT molecular complexity index is 691. The van der Waals surface area contributed by atoms with Crippen LogP contribution in [0.4, 0.5) is 19.3 Å². The second-order valence-corrected chi connectivity index (χ2v) is 5.53. The monoisotopic (exact) mass is 326 g/mol. The number of thiophene rings is 1. The van der Waals surface area contributed by atoms with Gasteiger partial charge in [-0.2, -0.15) is 11.3 Å². The van der Waals surface area contributed by atoms with Crippen LogP contribution in [-0.4, -0.2) is 24.3 Å². The Kier molecular flexibility index (Phi) is 3.61. The van der Waals surface area contributed by atoms with Crippen molar-refractivity contribution in [2.45, 2.75) is 12.8 Å². The van der Waals surface area contributed by atoms with E-state index >= 15 is 0 Å². The van der Waals surface area contributed by atoms with Crippen molar-refractivity contribution in [3.63, 3.8) is 0 Å². The summed E-state index contributed by atoms with van der Waals surface area (Å²) in [6.45, 7) is 0.456. The van der Waals surface area contributed by atoms with E-state index in [0.717, 1.165) is 5.56 Å². The van der Waals surface area contributed by atoms with E-state index in [1.165, 1.54) is 23.1 Å². The molecule has 0 fully saturated rings. The summed E-state index contributed by atoms with van der Waals surface area (Å²) < 4.78 is 34.5. The Morgan fingerprint density at radius 3 is 2.82 bits per heavy atom. The number of carbonyl (C=O) groups is 1. The predicted octanol–water partition coefficient (Wildman–Crippen LogP) is 3.73. The van der Waals surface area contributed by atoms with Gasteiger partial charge in [-0.3, -0.25) is 0 Å². The van der Waals surface area contributed by atoms with Gasteiger partial charge in [-0.15, -0.1) is 8.78 Å². The Morgan fingerprint density at radius 2 is 2.09 bits per heavy atom. The van der Waals surface area contributed by atoms with Crippen molar-refractivity contribution in [2.75, 3.05) is 12.4 Å². The van der Waals surface area contributed by atoms with Crippen LogP contribution < -0.4 is 14.8 Å². The lowest BCUT2D eigenvalue weighted by Crippen LogP contribution is -2.30. The van der Waals surface area contributed by atoms with Gasteiger partial charge in [0.1, 0.15) is 0 Å². The number of carbonyl (C=O) groups excluding carboxylic acids is 1. The number of fused-ring (bicyclic) bond motifs is 1. The van der Waals surface area contributed by atoms with Crippen LogP contribution in [0.25, 0.3) is 0 Å². The van der Waals surface area contributed by atoms with Crippen molar-refractivity contribution in [1.29, 1.82) is 0 Å². The molecule has 0 radical (unpaired) electrons. The maximum atomic E-state index is 12.9. The highest BCUT2D eigenvalue weighted by atomic mass is 32.1. The van der Waals surface area contributed by atoms with E-state index in [9.17, 15) is 13.6 Å². The molecule has 2 amide bonds. The number of hydrogen-bond acceptors (Lipinski definition) is 4. The highest BCUT2D eigenvalue weighted by molar-refractivity contribution is 7.07. The van der Waals surface area contributed by atoms with Crippen molar-refractivity contribution in [3.8, 4) is 11.5 Å². The van der Waals surface area contributed by atoms with Crippen LogP contribution >= 0.6 is 11.3 Å². The highest BCUT2D eigenvalue weighted by Gasteiger charge is 2.43. The molecule has 1 aromatic carbocycles. The molecule has 0 atom stereocenters. The minimum Gasteiger partial charge on any atom is -0.395 e. The fourth-order valence-electron chi connectivity index (χ4n) is 1.97. The molecule has 1 aliphatic rings. The summed E-state index contributed by atoms with van der Waals surface area (Å²) in [6, 6.07) is 5.67. The van der Waals surface area contributed by atoms with Crippen LogP contribution in [0.3, 0.4) is 0 Å². The third-order valence-electron chi connectivity index (χ3n) is 3.00. The van der Waals surface area contributed by atoms with Gasteiger partial charge in [0.2, 0.25) is 0 Å². The molecule has 116 valence electrons. The maximum absolute atomic E-state index is 12.9. The number of halogens is 2. The molecule has 0 bridgehead atoms. The summed E-state index contributed by atoms with van der Waals surface area (Å²) in [5.74, 6) is -0.169. The summed E-state index contributed by atoms with van der Waals surface area (Å²) >= 11 is 1.55. The Labute approximate surface area is 129 Å². The van der Waals surface area contributed by atoms with E-state index in [1.807, 2.05) is 16.8 Å². The molecule has 3 rings (SSSR count). The molecule has 1 aliphatic heterocycles. The van der Waals surface area contributed by atoms with Crippen molar-refractivity contribution in [2.24, 2.45) is 0 Å². The van der Waals surface area contributed by atoms with Gasteiger partial charge in [0.05, 0.1) is 0 Å².